The van der Waals surface area contributed by atoms with Gasteiger partial charge in [0.1, 0.15) is 12.3 Å². The van der Waals surface area contributed by atoms with E-state index < -0.39 is 18.6 Å². The maximum Gasteiger partial charge on any atom is 0.405 e. The minimum absolute atomic E-state index is 0.108. The molecule has 198 valence electrons. The molecule has 0 saturated heterocycles. The van der Waals surface area contributed by atoms with Crippen molar-refractivity contribution in [2.24, 2.45) is 0 Å². The number of amides is 2. The lowest BCUT2D eigenvalue weighted by atomic mass is 10.1. The van der Waals surface area contributed by atoms with Gasteiger partial charge in [-0.15, -0.1) is 5.10 Å². The fourth-order valence-electron chi connectivity index (χ4n) is 3.53. The van der Waals surface area contributed by atoms with E-state index in [-0.39, 0.29) is 30.6 Å². The molecule has 0 fully saturated rings. The maximum absolute atomic E-state index is 12.3. The van der Waals surface area contributed by atoms with Gasteiger partial charge in [-0.3, -0.25) is 9.59 Å². The highest BCUT2D eigenvalue weighted by Gasteiger charge is 2.27. The van der Waals surface area contributed by atoms with Crippen LogP contribution in [0, 0.1) is 0 Å². The number of alkyl halides is 3. The lowest BCUT2D eigenvalue weighted by Crippen LogP contribution is -2.33. The van der Waals surface area contributed by atoms with Crippen LogP contribution < -0.4 is 20.7 Å². The summed E-state index contributed by atoms with van der Waals surface area (Å²) in [6.07, 6.45) is -2.76. The molecule has 38 heavy (non-hydrogen) atoms. The molecule has 0 bridgehead atoms. The molecule has 2 aromatic heterocycles. The Morgan fingerprint density at radius 2 is 1.66 bits per heavy atom. The van der Waals surface area contributed by atoms with Gasteiger partial charge in [0.05, 0.1) is 19.4 Å². The molecule has 0 aliphatic carbocycles. The number of ether oxygens (including phenoxy) is 1. The molecule has 0 aliphatic heterocycles. The largest absolute Gasteiger partial charge is 0.495 e. The predicted molar refractivity (Wildman–Crippen MR) is 133 cm³/mol. The molecule has 13 heteroatoms. The number of nitrogens with one attached hydrogen (secondary N) is 3. The number of pyridine rings is 1. The highest BCUT2D eigenvalue weighted by Crippen LogP contribution is 2.28. The van der Waals surface area contributed by atoms with E-state index >= 15 is 0 Å². The van der Waals surface area contributed by atoms with E-state index in [1.54, 1.807) is 53.2 Å². The van der Waals surface area contributed by atoms with E-state index in [2.05, 4.69) is 20.7 Å². The van der Waals surface area contributed by atoms with Crippen LogP contribution in [-0.4, -0.2) is 64.5 Å². The fraction of sp³-hybridized carbons (Fsp3) is 0.200. The van der Waals surface area contributed by atoms with E-state index in [1.807, 2.05) is 5.32 Å². The van der Waals surface area contributed by atoms with E-state index in [0.717, 1.165) is 11.1 Å². The van der Waals surface area contributed by atoms with Gasteiger partial charge in [0.2, 0.25) is 5.95 Å². The molecule has 2 heterocycles. The van der Waals surface area contributed by atoms with Gasteiger partial charge in [-0.05, 0) is 48.0 Å². The Morgan fingerprint density at radius 3 is 2.34 bits per heavy atom. The van der Waals surface area contributed by atoms with Crippen LogP contribution in [0.2, 0.25) is 0 Å². The second-order valence-electron chi connectivity index (χ2n) is 8.05. The fourth-order valence-corrected chi connectivity index (χ4v) is 3.53. The zero-order chi connectivity index (χ0) is 27.3. The van der Waals surface area contributed by atoms with Gasteiger partial charge in [0, 0.05) is 29.4 Å². The lowest BCUT2D eigenvalue weighted by Gasteiger charge is -2.11. The van der Waals surface area contributed by atoms with Crippen molar-refractivity contribution in [2.75, 3.05) is 32.1 Å². The summed E-state index contributed by atoms with van der Waals surface area (Å²) in [6.45, 7) is -1.43. The number of carbonyl (C=O) groups is 2. The number of aliphatic hydroxyl groups excluding tert-OH is 1. The molecule has 0 atom stereocenters. The highest BCUT2D eigenvalue weighted by atomic mass is 19.4. The maximum atomic E-state index is 12.3. The summed E-state index contributed by atoms with van der Waals surface area (Å²) >= 11 is 0. The van der Waals surface area contributed by atoms with Crippen molar-refractivity contribution in [2.45, 2.75) is 6.18 Å². The van der Waals surface area contributed by atoms with E-state index in [9.17, 15) is 22.8 Å². The summed E-state index contributed by atoms with van der Waals surface area (Å²) < 4.78 is 43.9. The monoisotopic (exact) mass is 528 g/mol. The van der Waals surface area contributed by atoms with Crippen LogP contribution in [0.3, 0.4) is 0 Å². The summed E-state index contributed by atoms with van der Waals surface area (Å²) in [5.74, 6) is -0.502. The second kappa shape index (κ2) is 11.2. The Hall–Kier alpha value is -4.65. The van der Waals surface area contributed by atoms with Gasteiger partial charge >= 0.3 is 6.18 Å². The van der Waals surface area contributed by atoms with Crippen LogP contribution in [0.15, 0.2) is 60.8 Å². The molecule has 0 spiro atoms. The van der Waals surface area contributed by atoms with E-state index in [4.69, 9.17) is 9.84 Å². The van der Waals surface area contributed by atoms with Crippen molar-refractivity contribution >= 4 is 29.1 Å². The third-order valence-corrected chi connectivity index (χ3v) is 5.37. The number of halogens is 3. The molecular formula is C25H23F3N6O4. The van der Waals surface area contributed by atoms with Crippen molar-refractivity contribution < 1.29 is 32.6 Å². The first kappa shape index (κ1) is 26.4. The van der Waals surface area contributed by atoms with Gasteiger partial charge in [0.25, 0.3) is 11.8 Å². The highest BCUT2D eigenvalue weighted by molar-refractivity contribution is 5.95. The Kier molecular flexibility index (Phi) is 7.76. The molecule has 0 saturated carbocycles. The lowest BCUT2D eigenvalue weighted by molar-refractivity contribution is -0.123. The first-order valence-corrected chi connectivity index (χ1v) is 11.3. The summed E-state index contributed by atoms with van der Waals surface area (Å²) in [5, 5.41) is 20.8. The number of fused-ring (bicyclic) bond motifs is 1. The van der Waals surface area contributed by atoms with Crippen LogP contribution in [0.25, 0.3) is 16.8 Å². The van der Waals surface area contributed by atoms with Gasteiger partial charge in [0.15, 0.2) is 5.65 Å². The standard InChI is InChI=1S/C25H23F3N6O4/c1-38-20-12-17(23(37)29-10-11-35)6-8-19(20)31-24-32-21-9-7-18(13-34(21)33-24)15-2-4-16(5-3-15)22(36)30-14-25(26,27)28/h2-9,12-13,35H,10-11,14H2,1H3,(H,29,37)(H,30,36)(H,31,33). The number of rotatable bonds is 9. The van der Waals surface area contributed by atoms with Crippen molar-refractivity contribution in [3.05, 3.63) is 71.9 Å². The molecule has 10 nitrogen and oxygen atoms in total. The first-order valence-electron chi connectivity index (χ1n) is 11.3. The number of aliphatic hydroxyl groups is 1. The van der Waals surface area contributed by atoms with E-state index in [1.165, 1.54) is 19.2 Å². The minimum Gasteiger partial charge on any atom is -0.495 e. The molecular weight excluding hydrogens is 505 g/mol. The molecule has 2 aromatic carbocycles. The third-order valence-electron chi connectivity index (χ3n) is 5.37. The average molecular weight is 528 g/mol. The summed E-state index contributed by atoms with van der Waals surface area (Å²) in [7, 11) is 1.46. The first-order chi connectivity index (χ1) is 18.2. The van der Waals surface area contributed by atoms with Gasteiger partial charge in [-0.2, -0.15) is 18.2 Å². The number of carbonyl (C=O) groups excluding carboxylic acids is 2. The molecule has 2 amide bonds. The zero-order valence-corrected chi connectivity index (χ0v) is 20.0. The quantitative estimate of drug-likeness (QED) is 0.263. The Labute approximate surface area is 214 Å². The SMILES string of the molecule is COc1cc(C(=O)NCCO)ccc1Nc1nc2ccc(-c3ccc(C(=O)NCC(F)(F)F)cc3)cn2n1. The van der Waals surface area contributed by atoms with Crippen molar-refractivity contribution in [3.63, 3.8) is 0 Å². The van der Waals surface area contributed by atoms with Gasteiger partial charge < -0.3 is 25.8 Å². The molecule has 0 unspecified atom stereocenters. The second-order valence-corrected chi connectivity index (χ2v) is 8.05. The van der Waals surface area contributed by atoms with Crippen molar-refractivity contribution in [3.8, 4) is 16.9 Å². The van der Waals surface area contributed by atoms with Gasteiger partial charge in [-0.25, -0.2) is 4.52 Å². The Morgan fingerprint density at radius 1 is 0.974 bits per heavy atom. The smallest absolute Gasteiger partial charge is 0.405 e. The normalized spacial score (nSPS) is 11.3. The summed E-state index contributed by atoms with van der Waals surface area (Å²) in [5.41, 5.74) is 3.00. The molecule has 4 aromatic rings. The number of nitrogens with zero attached hydrogens (tertiary/aromatic N) is 3. The minimum atomic E-state index is -4.48. The summed E-state index contributed by atoms with van der Waals surface area (Å²) in [4.78, 5) is 28.5. The van der Waals surface area contributed by atoms with Crippen LogP contribution >= 0.6 is 0 Å². The van der Waals surface area contributed by atoms with Crippen molar-refractivity contribution in [1.29, 1.82) is 0 Å². The average Bonchev–Trinajstić information content (AvgIpc) is 3.31. The Balaban J connectivity index is 1.49. The number of methoxy groups -OCH3 is 1. The predicted octanol–water partition coefficient (Wildman–Crippen LogP) is 3.16. The van der Waals surface area contributed by atoms with Gasteiger partial charge in [-0.1, -0.05) is 12.1 Å². The van der Waals surface area contributed by atoms with E-state index in [0.29, 0.717) is 22.6 Å². The van der Waals surface area contributed by atoms with Crippen LogP contribution in [0.5, 0.6) is 5.75 Å². The molecule has 4 rings (SSSR count). The number of hydrogen-bond donors (Lipinski definition) is 4. The van der Waals surface area contributed by atoms with Crippen molar-refractivity contribution in [1.82, 2.24) is 25.2 Å². The Bertz CT molecular complexity index is 1450. The number of benzene rings is 2. The van der Waals surface area contributed by atoms with Crippen LogP contribution in [0.4, 0.5) is 24.8 Å². The zero-order valence-electron chi connectivity index (χ0n) is 20.0. The summed E-state index contributed by atoms with van der Waals surface area (Å²) in [6, 6.07) is 14.5. The molecule has 0 aliphatic rings. The molecule has 4 N–H and O–H groups in total. The van der Waals surface area contributed by atoms with Crippen LogP contribution in [-0.2, 0) is 0 Å². The molecule has 0 radical (unpaired) electrons. The topological polar surface area (TPSA) is 130 Å². The number of hydrogen-bond acceptors (Lipinski definition) is 7. The number of aromatic nitrogens is 3. The third kappa shape index (κ3) is 6.37. The van der Waals surface area contributed by atoms with Crippen LogP contribution in [0.1, 0.15) is 20.7 Å². The number of anilines is 2.